The van der Waals surface area contributed by atoms with E-state index in [0.717, 1.165) is 0 Å². The number of thiazole rings is 1. The highest BCUT2D eigenvalue weighted by Crippen LogP contribution is 2.42. The lowest BCUT2D eigenvalue weighted by Gasteiger charge is -2.11. The van der Waals surface area contributed by atoms with E-state index in [4.69, 9.17) is 16.7 Å². The lowest BCUT2D eigenvalue weighted by Crippen LogP contribution is -2.13. The second-order valence-corrected chi connectivity index (χ2v) is 3.80. The molecule has 0 unspecified atom stereocenters. The Kier molecular flexibility index (Phi) is 3.63. The normalized spacial score (nSPS) is 11.8. The van der Waals surface area contributed by atoms with Crippen molar-refractivity contribution in [2.75, 3.05) is 13.7 Å². The molecule has 7 heteroatoms. The van der Waals surface area contributed by atoms with Gasteiger partial charge in [-0.05, 0) is 0 Å². The van der Waals surface area contributed by atoms with Gasteiger partial charge in [-0.1, -0.05) is 22.9 Å². The molecule has 14 heavy (non-hydrogen) atoms. The Hall–Kier alpha value is -0.460. The van der Waals surface area contributed by atoms with Gasteiger partial charge < -0.3 is 9.84 Å². The zero-order chi connectivity index (χ0) is 10.8. The number of rotatable bonds is 4. The SMILES string of the molecule is COc1nc(Cl)c(C(F)(F)CCO)s1. The molecule has 0 spiro atoms. The van der Waals surface area contributed by atoms with Crippen molar-refractivity contribution in [3.63, 3.8) is 0 Å². The topological polar surface area (TPSA) is 42.4 Å². The van der Waals surface area contributed by atoms with Crippen LogP contribution in [-0.4, -0.2) is 23.8 Å². The zero-order valence-corrected chi connectivity index (χ0v) is 8.83. The summed E-state index contributed by atoms with van der Waals surface area (Å²) in [7, 11) is 1.32. The van der Waals surface area contributed by atoms with Gasteiger partial charge in [0.1, 0.15) is 4.88 Å². The fourth-order valence-corrected chi connectivity index (χ4v) is 2.01. The number of aliphatic hydroxyl groups excluding tert-OH is 1. The molecule has 0 aliphatic heterocycles. The summed E-state index contributed by atoms with van der Waals surface area (Å²) in [5.74, 6) is -3.15. The summed E-state index contributed by atoms with van der Waals surface area (Å²) in [6.07, 6.45) is -0.669. The maximum Gasteiger partial charge on any atom is 0.287 e. The molecule has 0 bridgehead atoms. The number of methoxy groups -OCH3 is 1. The lowest BCUT2D eigenvalue weighted by atomic mass is 10.2. The van der Waals surface area contributed by atoms with Gasteiger partial charge in [0.15, 0.2) is 5.15 Å². The highest BCUT2D eigenvalue weighted by Gasteiger charge is 2.36. The van der Waals surface area contributed by atoms with Crippen LogP contribution in [0.1, 0.15) is 11.3 Å². The van der Waals surface area contributed by atoms with Gasteiger partial charge in [0.25, 0.3) is 11.1 Å². The maximum atomic E-state index is 13.2. The largest absolute Gasteiger partial charge is 0.473 e. The van der Waals surface area contributed by atoms with E-state index in [1.807, 2.05) is 0 Å². The van der Waals surface area contributed by atoms with Gasteiger partial charge in [0.2, 0.25) is 0 Å². The summed E-state index contributed by atoms with van der Waals surface area (Å²) in [5, 5.41) is 8.26. The van der Waals surface area contributed by atoms with Crippen molar-refractivity contribution in [3.05, 3.63) is 10.0 Å². The fourth-order valence-electron chi connectivity index (χ4n) is 0.850. The highest BCUT2D eigenvalue weighted by atomic mass is 35.5. The third kappa shape index (κ3) is 2.31. The molecule has 1 rings (SSSR count). The fraction of sp³-hybridized carbons (Fsp3) is 0.571. The number of nitrogens with zero attached hydrogens (tertiary/aromatic N) is 1. The van der Waals surface area contributed by atoms with Crippen molar-refractivity contribution in [1.82, 2.24) is 4.98 Å². The van der Waals surface area contributed by atoms with Crippen molar-refractivity contribution in [3.8, 4) is 5.19 Å². The molecule has 0 fully saturated rings. The number of aromatic nitrogens is 1. The van der Waals surface area contributed by atoms with E-state index >= 15 is 0 Å². The van der Waals surface area contributed by atoms with E-state index in [1.165, 1.54) is 7.11 Å². The highest BCUT2D eigenvalue weighted by molar-refractivity contribution is 7.14. The van der Waals surface area contributed by atoms with Crippen molar-refractivity contribution < 1.29 is 18.6 Å². The van der Waals surface area contributed by atoms with Crippen LogP contribution >= 0.6 is 22.9 Å². The Morgan fingerprint density at radius 3 is 2.71 bits per heavy atom. The number of aliphatic hydroxyl groups is 1. The van der Waals surface area contributed by atoms with E-state index in [9.17, 15) is 8.78 Å². The lowest BCUT2D eigenvalue weighted by molar-refractivity contribution is -0.0234. The first-order chi connectivity index (χ1) is 6.51. The first-order valence-electron chi connectivity index (χ1n) is 3.70. The molecule has 1 N–H and O–H groups in total. The molecule has 0 saturated heterocycles. The average Bonchev–Trinajstić information content (AvgIpc) is 2.47. The van der Waals surface area contributed by atoms with E-state index in [2.05, 4.69) is 9.72 Å². The molecule has 3 nitrogen and oxygen atoms in total. The van der Waals surface area contributed by atoms with E-state index in [0.29, 0.717) is 11.3 Å². The van der Waals surface area contributed by atoms with Crippen LogP contribution in [0.15, 0.2) is 0 Å². The van der Waals surface area contributed by atoms with Crippen LogP contribution in [0.2, 0.25) is 5.15 Å². The van der Waals surface area contributed by atoms with Gasteiger partial charge in [0.05, 0.1) is 7.11 Å². The molecule has 0 atom stereocenters. The summed E-state index contributed by atoms with van der Waals surface area (Å²) in [4.78, 5) is 3.21. The summed E-state index contributed by atoms with van der Waals surface area (Å²) in [5.41, 5.74) is 0. The molecule has 0 saturated carbocycles. The summed E-state index contributed by atoms with van der Waals surface area (Å²) in [6.45, 7) is -0.608. The van der Waals surface area contributed by atoms with Crippen molar-refractivity contribution in [2.24, 2.45) is 0 Å². The molecular formula is C7H8ClF2NO2S. The molecule has 80 valence electrons. The van der Waals surface area contributed by atoms with Crippen LogP contribution < -0.4 is 4.74 Å². The molecule has 0 radical (unpaired) electrons. The zero-order valence-electron chi connectivity index (χ0n) is 7.26. The first kappa shape index (κ1) is 11.6. The van der Waals surface area contributed by atoms with Gasteiger partial charge in [-0.25, -0.2) is 8.78 Å². The molecular weight excluding hydrogens is 236 g/mol. The van der Waals surface area contributed by atoms with Gasteiger partial charge in [-0.3, -0.25) is 0 Å². The van der Waals surface area contributed by atoms with Crippen LogP contribution in [0.4, 0.5) is 8.78 Å². The van der Waals surface area contributed by atoms with Gasteiger partial charge in [-0.2, -0.15) is 4.98 Å². The Morgan fingerprint density at radius 1 is 1.64 bits per heavy atom. The summed E-state index contributed by atoms with van der Waals surface area (Å²) >= 11 is 6.18. The minimum atomic E-state index is -3.15. The monoisotopic (exact) mass is 243 g/mol. The number of hydrogen-bond acceptors (Lipinski definition) is 4. The third-order valence-electron chi connectivity index (χ3n) is 1.50. The molecule has 1 aromatic heterocycles. The van der Waals surface area contributed by atoms with Gasteiger partial charge in [-0.15, -0.1) is 0 Å². The Bertz CT molecular complexity index is 319. The summed E-state index contributed by atoms with van der Waals surface area (Å²) in [6, 6.07) is 0. The Morgan fingerprint density at radius 2 is 2.29 bits per heavy atom. The second-order valence-electron chi connectivity index (χ2n) is 2.48. The van der Waals surface area contributed by atoms with Crippen molar-refractivity contribution in [1.29, 1.82) is 0 Å². The number of halogens is 3. The standard InChI is InChI=1S/C7H8ClF2NO2S/c1-13-6-11-5(8)4(14-6)7(9,10)2-3-12/h12H,2-3H2,1H3. The molecule has 0 aliphatic rings. The van der Waals surface area contributed by atoms with E-state index in [1.54, 1.807) is 0 Å². The summed E-state index contributed by atoms with van der Waals surface area (Å²) < 4.78 is 31.2. The molecule has 1 aromatic rings. The smallest absolute Gasteiger partial charge is 0.287 e. The molecule has 1 heterocycles. The Labute approximate surface area is 88.3 Å². The first-order valence-corrected chi connectivity index (χ1v) is 4.90. The predicted molar refractivity (Wildman–Crippen MR) is 49.3 cm³/mol. The van der Waals surface area contributed by atoms with E-state index < -0.39 is 19.0 Å². The second kappa shape index (κ2) is 4.37. The molecule has 0 amide bonds. The van der Waals surface area contributed by atoms with Crippen LogP contribution in [0, 0.1) is 0 Å². The number of hydrogen-bond donors (Lipinski definition) is 1. The maximum absolute atomic E-state index is 13.2. The molecule has 0 aromatic carbocycles. The minimum absolute atomic E-state index is 0.0858. The van der Waals surface area contributed by atoms with Crippen LogP contribution in [-0.2, 0) is 5.92 Å². The Balaban J connectivity index is 2.98. The number of alkyl halides is 2. The van der Waals surface area contributed by atoms with Crippen LogP contribution in [0.3, 0.4) is 0 Å². The third-order valence-corrected chi connectivity index (χ3v) is 3.01. The molecule has 0 aliphatic carbocycles. The number of ether oxygens (including phenoxy) is 1. The van der Waals surface area contributed by atoms with Gasteiger partial charge in [0, 0.05) is 13.0 Å². The van der Waals surface area contributed by atoms with Crippen LogP contribution in [0.25, 0.3) is 0 Å². The minimum Gasteiger partial charge on any atom is -0.473 e. The average molecular weight is 244 g/mol. The van der Waals surface area contributed by atoms with E-state index in [-0.39, 0.29) is 15.2 Å². The van der Waals surface area contributed by atoms with Crippen molar-refractivity contribution >= 4 is 22.9 Å². The van der Waals surface area contributed by atoms with Gasteiger partial charge >= 0.3 is 0 Å². The predicted octanol–water partition coefficient (Wildman–Crippen LogP) is 2.28. The van der Waals surface area contributed by atoms with Crippen LogP contribution in [0.5, 0.6) is 5.19 Å². The quantitative estimate of drug-likeness (QED) is 0.882. The van der Waals surface area contributed by atoms with Crippen molar-refractivity contribution in [2.45, 2.75) is 12.3 Å².